The molecule has 0 spiro atoms. The molecule has 2 aromatic heterocycles. The molecule has 0 radical (unpaired) electrons. The van der Waals surface area contributed by atoms with Crippen molar-refractivity contribution in [2.75, 3.05) is 25.3 Å². The van der Waals surface area contributed by atoms with Gasteiger partial charge in [-0.1, -0.05) is 0 Å². The van der Waals surface area contributed by atoms with Crippen LogP contribution in [-0.4, -0.2) is 36.8 Å². The van der Waals surface area contributed by atoms with E-state index in [2.05, 4.69) is 9.97 Å². The van der Waals surface area contributed by atoms with Gasteiger partial charge in [-0.25, -0.2) is 9.97 Å². The summed E-state index contributed by atoms with van der Waals surface area (Å²) in [5.74, 6) is -0.0367. The molecule has 6 nitrogen and oxygen atoms in total. The van der Waals surface area contributed by atoms with Gasteiger partial charge in [-0.15, -0.1) is 11.3 Å². The first kappa shape index (κ1) is 17.2. The first-order chi connectivity index (χ1) is 12.1. The first-order valence-corrected chi connectivity index (χ1v) is 8.40. The van der Waals surface area contributed by atoms with Gasteiger partial charge >= 0.3 is 0 Å². The maximum atomic E-state index is 14.1. The van der Waals surface area contributed by atoms with Crippen molar-refractivity contribution < 1.29 is 18.7 Å². The predicted octanol–water partition coefficient (Wildman–Crippen LogP) is 3.46. The molecule has 0 aliphatic heterocycles. The van der Waals surface area contributed by atoms with Gasteiger partial charge < -0.3 is 14.4 Å². The molecule has 3 rings (SSSR count). The number of carbonyl (C=O) groups excluding carboxylic acids is 1. The molecule has 0 bridgehead atoms. The molecule has 0 fully saturated rings. The van der Waals surface area contributed by atoms with E-state index in [0.717, 1.165) is 15.1 Å². The van der Waals surface area contributed by atoms with Crippen molar-refractivity contribution in [2.24, 2.45) is 0 Å². The third-order valence-electron chi connectivity index (χ3n) is 3.46. The molecule has 8 heteroatoms. The van der Waals surface area contributed by atoms with Gasteiger partial charge in [-0.2, -0.15) is 4.39 Å². The van der Waals surface area contributed by atoms with Crippen molar-refractivity contribution in [1.29, 1.82) is 0 Å². The van der Waals surface area contributed by atoms with Gasteiger partial charge in [0.05, 0.1) is 15.9 Å². The number of anilines is 1. The largest absolute Gasteiger partial charge is 0.468 e. The molecule has 2 heterocycles. The summed E-state index contributed by atoms with van der Waals surface area (Å²) in [5.41, 5.74) is 1.31. The van der Waals surface area contributed by atoms with Crippen LogP contribution in [0.5, 0.6) is 5.75 Å². The Balaban J connectivity index is 1.88. The number of thiazole rings is 1. The smallest absolute Gasteiger partial charge is 0.237 e. The second kappa shape index (κ2) is 7.54. The summed E-state index contributed by atoms with van der Waals surface area (Å²) < 4.78 is 25.6. The number of halogens is 1. The van der Waals surface area contributed by atoms with E-state index in [1.54, 1.807) is 12.1 Å². The average molecular weight is 361 g/mol. The number of rotatable bonds is 7. The highest BCUT2D eigenvalue weighted by Crippen LogP contribution is 2.32. The lowest BCUT2D eigenvalue weighted by Gasteiger charge is -2.10. The van der Waals surface area contributed by atoms with Crippen LogP contribution in [0.2, 0.25) is 0 Å². The number of aromatic nitrogens is 2. The molecule has 0 saturated carbocycles. The van der Waals surface area contributed by atoms with Crippen LogP contribution in [0.4, 0.5) is 10.1 Å². The fourth-order valence-corrected chi connectivity index (χ4v) is 3.13. The van der Waals surface area contributed by atoms with Crippen LogP contribution in [0.1, 0.15) is 6.92 Å². The zero-order valence-corrected chi connectivity index (χ0v) is 14.5. The second-order valence-electron chi connectivity index (χ2n) is 5.13. The van der Waals surface area contributed by atoms with Gasteiger partial charge in [0, 0.05) is 13.7 Å². The highest BCUT2D eigenvalue weighted by Gasteiger charge is 2.13. The summed E-state index contributed by atoms with van der Waals surface area (Å²) in [5, 5.41) is 0.594. The number of carbonyl (C=O) groups is 1. The van der Waals surface area contributed by atoms with E-state index < -0.39 is 5.95 Å². The van der Waals surface area contributed by atoms with E-state index in [0.29, 0.717) is 29.5 Å². The van der Waals surface area contributed by atoms with Gasteiger partial charge in [0.25, 0.3) is 0 Å². The minimum absolute atomic E-state index is 0.117. The molecular formula is C17H16FN3O3S. The molecule has 0 aliphatic rings. The lowest BCUT2D eigenvalue weighted by molar-refractivity contribution is -0.107. The van der Waals surface area contributed by atoms with Crippen LogP contribution in [0.15, 0.2) is 30.3 Å². The van der Waals surface area contributed by atoms with E-state index in [4.69, 9.17) is 9.47 Å². The first-order valence-electron chi connectivity index (χ1n) is 7.58. The quantitative estimate of drug-likeness (QED) is 0.279. The Labute approximate surface area is 147 Å². The lowest BCUT2D eigenvalue weighted by Crippen LogP contribution is -2.15. The molecule has 25 heavy (non-hydrogen) atoms. The molecule has 3 aromatic rings. The van der Waals surface area contributed by atoms with Crippen LogP contribution in [0, 0.1) is 5.95 Å². The molecule has 1 amide bonds. The van der Waals surface area contributed by atoms with Crippen LogP contribution in [0.25, 0.3) is 20.9 Å². The Morgan fingerprint density at radius 2 is 2.12 bits per heavy atom. The zero-order chi connectivity index (χ0) is 17.8. The molecule has 130 valence electrons. The number of fused-ring (bicyclic) bond motifs is 1. The van der Waals surface area contributed by atoms with Crippen LogP contribution in [0.3, 0.4) is 0 Å². The number of amides is 1. The van der Waals surface area contributed by atoms with Crippen molar-refractivity contribution in [3.05, 3.63) is 36.3 Å². The number of hydrogen-bond donors (Lipinski definition) is 0. The zero-order valence-electron chi connectivity index (χ0n) is 13.7. The number of hydrogen-bond acceptors (Lipinski definition) is 6. The third-order valence-corrected chi connectivity index (χ3v) is 4.50. The molecule has 0 unspecified atom stereocenters. The SMILES string of the molecule is CCOCOc1ccc2nc(-c3ccc(N(C)C=O)c(F)n3)sc2c1. The Morgan fingerprint density at radius 1 is 1.28 bits per heavy atom. The monoisotopic (exact) mass is 361 g/mol. The van der Waals surface area contributed by atoms with Crippen molar-refractivity contribution in [3.8, 4) is 16.5 Å². The summed E-state index contributed by atoms with van der Waals surface area (Å²) in [7, 11) is 1.47. The topological polar surface area (TPSA) is 64.6 Å². The van der Waals surface area contributed by atoms with Gasteiger partial charge in [0.1, 0.15) is 16.5 Å². The van der Waals surface area contributed by atoms with E-state index in [9.17, 15) is 9.18 Å². The van der Waals surface area contributed by atoms with Crippen molar-refractivity contribution >= 4 is 33.7 Å². The maximum absolute atomic E-state index is 14.1. The Hall–Kier alpha value is -2.58. The maximum Gasteiger partial charge on any atom is 0.237 e. The number of nitrogens with zero attached hydrogens (tertiary/aromatic N) is 3. The van der Waals surface area contributed by atoms with Crippen LogP contribution < -0.4 is 9.64 Å². The Kier molecular flexibility index (Phi) is 5.20. The predicted molar refractivity (Wildman–Crippen MR) is 94.4 cm³/mol. The lowest BCUT2D eigenvalue weighted by atomic mass is 10.3. The summed E-state index contributed by atoms with van der Waals surface area (Å²) in [6.07, 6.45) is 0.529. The van der Waals surface area contributed by atoms with Gasteiger partial charge in [0.2, 0.25) is 12.4 Å². The summed E-state index contributed by atoms with van der Waals surface area (Å²) in [4.78, 5) is 20.3. The molecule has 0 aliphatic carbocycles. The van der Waals surface area contributed by atoms with E-state index in [-0.39, 0.29) is 12.5 Å². The fraction of sp³-hybridized carbons (Fsp3) is 0.235. The van der Waals surface area contributed by atoms with Crippen molar-refractivity contribution in [1.82, 2.24) is 9.97 Å². The van der Waals surface area contributed by atoms with Gasteiger partial charge in [0.15, 0.2) is 6.79 Å². The molecular weight excluding hydrogens is 345 g/mol. The fourth-order valence-electron chi connectivity index (χ4n) is 2.16. The van der Waals surface area contributed by atoms with Crippen molar-refractivity contribution in [3.63, 3.8) is 0 Å². The second-order valence-corrected chi connectivity index (χ2v) is 6.16. The minimum Gasteiger partial charge on any atom is -0.468 e. The highest BCUT2D eigenvalue weighted by atomic mass is 32.1. The standard InChI is InChI=1S/C17H16FN3O3S/c1-3-23-10-24-11-4-5-12-15(8-11)25-17(20-12)13-6-7-14(16(18)19-13)21(2)9-22/h4-9H,3,10H2,1-2H3. The normalized spacial score (nSPS) is 10.8. The number of ether oxygens (including phenoxy) is 2. The van der Waals surface area contributed by atoms with E-state index >= 15 is 0 Å². The summed E-state index contributed by atoms with van der Waals surface area (Å²) >= 11 is 1.39. The number of benzene rings is 1. The molecule has 1 aromatic carbocycles. The van der Waals surface area contributed by atoms with Gasteiger partial charge in [-0.3, -0.25) is 4.79 Å². The summed E-state index contributed by atoms with van der Waals surface area (Å²) in [6.45, 7) is 2.66. The van der Waals surface area contributed by atoms with E-state index in [1.807, 2.05) is 19.1 Å². The van der Waals surface area contributed by atoms with Crippen LogP contribution in [-0.2, 0) is 9.53 Å². The van der Waals surface area contributed by atoms with E-state index in [1.165, 1.54) is 24.5 Å². The molecule has 0 atom stereocenters. The molecule has 0 saturated heterocycles. The van der Waals surface area contributed by atoms with Gasteiger partial charge in [-0.05, 0) is 37.3 Å². The minimum atomic E-state index is -0.716. The highest BCUT2D eigenvalue weighted by molar-refractivity contribution is 7.21. The Bertz CT molecular complexity index is 900. The Morgan fingerprint density at radius 3 is 2.84 bits per heavy atom. The number of pyridine rings is 1. The van der Waals surface area contributed by atoms with Crippen LogP contribution >= 0.6 is 11.3 Å². The third kappa shape index (κ3) is 3.75. The average Bonchev–Trinajstić information content (AvgIpc) is 3.04. The molecule has 0 N–H and O–H groups in total. The van der Waals surface area contributed by atoms with Crippen molar-refractivity contribution in [2.45, 2.75) is 6.92 Å². The summed E-state index contributed by atoms with van der Waals surface area (Å²) in [6, 6.07) is 8.65.